The molecule has 0 aliphatic heterocycles. The van der Waals surface area contributed by atoms with Crippen LogP contribution in [0.25, 0.3) is 0 Å². The second-order valence-electron chi connectivity index (χ2n) is 23.8. The highest BCUT2D eigenvalue weighted by atomic mass is 31.2. The lowest BCUT2D eigenvalue weighted by atomic mass is 10.1. The van der Waals surface area contributed by atoms with E-state index in [9.17, 15) is 43.2 Å². The molecule has 0 aliphatic carbocycles. The lowest BCUT2D eigenvalue weighted by Gasteiger charge is -2.21. The summed E-state index contributed by atoms with van der Waals surface area (Å²) in [5.41, 5.74) is 0. The summed E-state index contributed by atoms with van der Waals surface area (Å²) in [6, 6.07) is 0. The number of unbranched alkanes of at least 4 members (excludes halogenated alkanes) is 20. The number of ether oxygens (including phenoxy) is 4. The van der Waals surface area contributed by atoms with E-state index in [1.54, 1.807) is 12.2 Å². The van der Waals surface area contributed by atoms with Crippen LogP contribution < -0.4 is 0 Å². The number of carbonyl (C=O) groups excluding carboxylic acids is 4. The molecule has 3 N–H and O–H groups in total. The Balaban J connectivity index is 5.42. The summed E-state index contributed by atoms with van der Waals surface area (Å²) in [6.45, 7) is 4.37. The van der Waals surface area contributed by atoms with Gasteiger partial charge in [-0.1, -0.05) is 251 Å². The second-order valence-corrected chi connectivity index (χ2v) is 26.7. The Morgan fingerprint density at radius 1 is 0.312 bits per heavy atom. The standard InChI is InChI=1S/C77H128O17P2/c1-5-9-13-17-21-25-29-32-34-35-37-39-43-46-50-54-58-62-75(80)88-68-73(94-77(82)64-60-56-52-48-44-40-36-33-30-26-22-18-14-10-6-2)70-92-96(85,86)90-66-71(78)65-89-95(83,84)91-69-72(93-76(81)63-59-55-51-47-41-28-24-20-16-12-8-4)67-87-74(79)61-57-53-49-45-42-38-31-27-23-19-15-11-7-3/h9-10,13-15,19-22,24-27,31-34,36,44,48,56,60,71-73,78H,5-8,11-12,16-18,23,28-30,35,37-43,45-47,49-55,57-59,61-70H2,1-4H3,(H,83,84)(H,85,86)/b13-9-,14-10-,19-15-,24-20-,25-21-,26-22-,31-27-,34-32-,36-33-,48-44-,60-56-. The first-order valence-electron chi connectivity index (χ1n) is 36.4. The number of phosphoric ester groups is 2. The van der Waals surface area contributed by atoms with Crippen molar-refractivity contribution < 1.29 is 80.2 Å². The number of aliphatic hydroxyl groups excluding tert-OH is 1. The van der Waals surface area contributed by atoms with Crippen molar-refractivity contribution in [1.82, 2.24) is 0 Å². The van der Waals surface area contributed by atoms with E-state index in [0.717, 1.165) is 180 Å². The Morgan fingerprint density at radius 3 is 0.979 bits per heavy atom. The molecule has 0 radical (unpaired) electrons. The minimum absolute atomic E-state index is 0.0763. The molecule has 0 heterocycles. The van der Waals surface area contributed by atoms with Gasteiger partial charge in [0.05, 0.1) is 32.8 Å². The normalized spacial score (nSPS) is 14.8. The van der Waals surface area contributed by atoms with Gasteiger partial charge in [0.1, 0.15) is 19.3 Å². The number of carbonyl (C=O) groups is 4. The van der Waals surface area contributed by atoms with Crippen LogP contribution in [0, 0.1) is 0 Å². The van der Waals surface area contributed by atoms with Crippen molar-refractivity contribution in [1.29, 1.82) is 0 Å². The lowest BCUT2D eigenvalue weighted by molar-refractivity contribution is -0.161. The molecular weight excluding hydrogens is 1260 g/mol. The zero-order valence-corrected chi connectivity index (χ0v) is 61.3. The molecule has 0 rings (SSSR count). The molecule has 0 saturated carbocycles. The Bertz CT molecular complexity index is 2350. The number of hydrogen-bond acceptors (Lipinski definition) is 15. The molecule has 0 fully saturated rings. The quantitative estimate of drug-likeness (QED) is 0.0169. The molecule has 0 amide bonds. The fourth-order valence-electron chi connectivity index (χ4n) is 9.09. The maximum atomic E-state index is 13.0. The summed E-state index contributed by atoms with van der Waals surface area (Å²) in [6.07, 6.45) is 74.9. The van der Waals surface area contributed by atoms with Gasteiger partial charge in [0.25, 0.3) is 0 Å². The Hall–Kier alpha value is -4.80. The second kappa shape index (κ2) is 68.7. The van der Waals surface area contributed by atoms with Crippen LogP contribution in [-0.2, 0) is 65.4 Å². The van der Waals surface area contributed by atoms with E-state index >= 15 is 0 Å². The van der Waals surface area contributed by atoms with Crippen molar-refractivity contribution in [3.63, 3.8) is 0 Å². The predicted octanol–water partition coefficient (Wildman–Crippen LogP) is 20.5. The van der Waals surface area contributed by atoms with Gasteiger partial charge in [-0.15, -0.1) is 0 Å². The van der Waals surface area contributed by atoms with Crippen LogP contribution in [0.3, 0.4) is 0 Å². The summed E-state index contributed by atoms with van der Waals surface area (Å²) in [5.74, 6) is -2.37. The SMILES string of the molecule is CC/C=C\C/C=C\C/C=C\C/C=C\C/C=C\CC(=O)OC(COC(=O)CCCCCCCCC/C=C\C/C=C\C/C=C\CC)COP(=O)(O)OCC(O)COP(=O)(O)OCC(COC(=O)CCCCCCC/C=C\C/C=C\CCC)OC(=O)CCCCCCC/C=C\CCCC. The van der Waals surface area contributed by atoms with Gasteiger partial charge in [0, 0.05) is 19.3 Å². The first-order chi connectivity index (χ1) is 46.7. The molecule has 0 aromatic carbocycles. The Kier molecular flexibility index (Phi) is 65.3. The Morgan fingerprint density at radius 2 is 0.604 bits per heavy atom. The highest BCUT2D eigenvalue weighted by molar-refractivity contribution is 7.47. The summed E-state index contributed by atoms with van der Waals surface area (Å²) in [4.78, 5) is 72.6. The van der Waals surface area contributed by atoms with E-state index < -0.39 is 97.5 Å². The first kappa shape index (κ1) is 91.2. The molecular formula is C77H128O17P2. The minimum atomic E-state index is -5.00. The smallest absolute Gasteiger partial charge is 0.462 e. The van der Waals surface area contributed by atoms with Gasteiger partial charge in [-0.25, -0.2) is 9.13 Å². The van der Waals surface area contributed by atoms with Gasteiger partial charge in [-0.3, -0.25) is 37.3 Å². The zero-order valence-electron chi connectivity index (χ0n) is 59.5. The first-order valence-corrected chi connectivity index (χ1v) is 39.4. The maximum Gasteiger partial charge on any atom is 0.472 e. The van der Waals surface area contributed by atoms with Gasteiger partial charge in [0.15, 0.2) is 12.2 Å². The monoisotopic (exact) mass is 1390 g/mol. The highest BCUT2D eigenvalue weighted by Crippen LogP contribution is 2.45. The summed E-state index contributed by atoms with van der Waals surface area (Å²) < 4.78 is 68.1. The Labute approximate surface area is 580 Å². The fourth-order valence-corrected chi connectivity index (χ4v) is 10.7. The van der Waals surface area contributed by atoms with Crippen LogP contribution in [0.4, 0.5) is 0 Å². The fraction of sp³-hybridized carbons (Fsp3) is 0.662. The van der Waals surface area contributed by atoms with Crippen LogP contribution in [0.2, 0.25) is 0 Å². The van der Waals surface area contributed by atoms with Crippen LogP contribution in [0.1, 0.15) is 272 Å². The van der Waals surface area contributed by atoms with E-state index in [1.165, 1.54) is 12.8 Å². The molecule has 19 heteroatoms. The van der Waals surface area contributed by atoms with Gasteiger partial charge in [0.2, 0.25) is 0 Å². The predicted molar refractivity (Wildman–Crippen MR) is 390 cm³/mol. The van der Waals surface area contributed by atoms with Crippen LogP contribution in [-0.4, -0.2) is 96.7 Å². The summed E-state index contributed by atoms with van der Waals surface area (Å²) in [7, 11) is -9.98. The number of allylic oxidation sites excluding steroid dienone is 21. The summed E-state index contributed by atoms with van der Waals surface area (Å²) >= 11 is 0. The molecule has 0 aliphatic rings. The topological polar surface area (TPSA) is 237 Å². The van der Waals surface area contributed by atoms with Crippen molar-refractivity contribution in [2.24, 2.45) is 0 Å². The molecule has 0 aromatic rings. The lowest BCUT2D eigenvalue weighted by Crippen LogP contribution is -2.30. The van der Waals surface area contributed by atoms with Crippen LogP contribution in [0.15, 0.2) is 134 Å². The maximum absolute atomic E-state index is 13.0. The number of rotatable bonds is 67. The molecule has 548 valence electrons. The van der Waals surface area contributed by atoms with Gasteiger partial charge in [-0.2, -0.15) is 0 Å². The van der Waals surface area contributed by atoms with E-state index in [-0.39, 0.29) is 25.7 Å². The van der Waals surface area contributed by atoms with Crippen molar-refractivity contribution in [2.45, 2.75) is 290 Å². The molecule has 5 atom stereocenters. The average Bonchev–Trinajstić information content (AvgIpc) is 2.14. The van der Waals surface area contributed by atoms with Crippen molar-refractivity contribution in [3.05, 3.63) is 134 Å². The largest absolute Gasteiger partial charge is 0.472 e. The number of esters is 4. The third-order valence-corrected chi connectivity index (χ3v) is 16.5. The van der Waals surface area contributed by atoms with Crippen molar-refractivity contribution >= 4 is 39.5 Å². The number of aliphatic hydroxyl groups is 1. The van der Waals surface area contributed by atoms with E-state index in [2.05, 4.69) is 137 Å². The minimum Gasteiger partial charge on any atom is -0.462 e. The summed E-state index contributed by atoms with van der Waals surface area (Å²) in [5, 5.41) is 10.6. The van der Waals surface area contributed by atoms with E-state index in [0.29, 0.717) is 25.7 Å². The average molecular weight is 1390 g/mol. The van der Waals surface area contributed by atoms with E-state index in [1.807, 2.05) is 12.2 Å². The zero-order chi connectivity index (χ0) is 70.4. The van der Waals surface area contributed by atoms with Crippen molar-refractivity contribution in [2.75, 3.05) is 39.6 Å². The van der Waals surface area contributed by atoms with Gasteiger partial charge < -0.3 is 33.8 Å². The number of hydrogen-bond donors (Lipinski definition) is 3. The molecule has 96 heavy (non-hydrogen) atoms. The molecule has 0 saturated heterocycles. The van der Waals surface area contributed by atoms with Crippen LogP contribution >= 0.6 is 15.6 Å². The number of phosphoric acid groups is 2. The van der Waals surface area contributed by atoms with E-state index in [4.69, 9.17) is 37.0 Å². The van der Waals surface area contributed by atoms with Gasteiger partial charge in [-0.05, 0) is 128 Å². The van der Waals surface area contributed by atoms with Crippen molar-refractivity contribution in [3.8, 4) is 0 Å². The third-order valence-electron chi connectivity index (χ3n) is 14.6. The molecule has 17 nitrogen and oxygen atoms in total. The molecule has 0 bridgehead atoms. The highest BCUT2D eigenvalue weighted by Gasteiger charge is 2.30. The van der Waals surface area contributed by atoms with Crippen LogP contribution in [0.5, 0.6) is 0 Å². The molecule has 0 spiro atoms. The molecule has 5 unspecified atom stereocenters. The third kappa shape index (κ3) is 67.8. The van der Waals surface area contributed by atoms with Gasteiger partial charge >= 0.3 is 39.5 Å². The molecule has 0 aromatic heterocycles.